The number of fused-ring (bicyclic) bond motifs is 2. The summed E-state index contributed by atoms with van der Waals surface area (Å²) in [6.07, 6.45) is 17.1. The largest absolute Gasteiger partial charge is 0.393 e. The minimum Gasteiger partial charge on any atom is -0.393 e. The van der Waals surface area contributed by atoms with E-state index < -0.39 is 0 Å². The highest BCUT2D eigenvalue weighted by Gasteiger charge is 2.66. The zero-order valence-corrected chi connectivity index (χ0v) is 18.3. The number of aliphatic hydroxyl groups excluding tert-OH is 1. The van der Waals surface area contributed by atoms with E-state index in [-0.39, 0.29) is 22.7 Å². The highest BCUT2D eigenvalue weighted by molar-refractivity contribution is 5.82. The van der Waals surface area contributed by atoms with Gasteiger partial charge < -0.3 is 9.84 Å². The Kier molecular flexibility index (Phi) is 3.65. The molecule has 160 valence electrons. The van der Waals surface area contributed by atoms with E-state index in [9.17, 15) is 5.11 Å². The van der Waals surface area contributed by atoms with E-state index in [1.54, 1.807) is 0 Å². The van der Waals surface area contributed by atoms with Gasteiger partial charge in [-0.2, -0.15) is 0 Å². The van der Waals surface area contributed by atoms with Crippen molar-refractivity contribution in [2.45, 2.75) is 81.5 Å². The van der Waals surface area contributed by atoms with Crippen LogP contribution in [0.25, 0.3) is 10.8 Å². The van der Waals surface area contributed by atoms with Crippen LogP contribution in [0.4, 0.5) is 0 Å². The molecule has 3 nitrogen and oxygen atoms in total. The maximum atomic E-state index is 10.4. The summed E-state index contributed by atoms with van der Waals surface area (Å²) in [5, 5.41) is 13.0. The van der Waals surface area contributed by atoms with Crippen LogP contribution in [0.5, 0.6) is 0 Å². The third kappa shape index (κ3) is 2.34. The fraction of sp³-hybridized carbons (Fsp3) is 0.536. The zero-order valence-electron chi connectivity index (χ0n) is 18.3. The summed E-state index contributed by atoms with van der Waals surface area (Å²) < 4.78 is 7.18. The standard InChI is InChI=1S/C28H31NO2/c1-26-10-8-22-15-21-4-5-23(30)16-27(21)11-12-28(22,31-27)25(26)7-6-24(26)19-3-2-18-9-13-29-17-20(18)14-19/h2-3,8-9,13-15,17,23-25,30H,4-7,10-12,16H2,1H3/t23-,24+,25-,26-,27-,28+/m1/s1. The molecular weight excluding hydrogens is 382 g/mol. The molecule has 2 spiro atoms. The van der Waals surface area contributed by atoms with Crippen LogP contribution in [0.15, 0.2) is 60.0 Å². The van der Waals surface area contributed by atoms with Gasteiger partial charge >= 0.3 is 0 Å². The molecule has 6 atom stereocenters. The van der Waals surface area contributed by atoms with Crippen molar-refractivity contribution in [1.82, 2.24) is 4.98 Å². The topological polar surface area (TPSA) is 42.4 Å². The monoisotopic (exact) mass is 413 g/mol. The minimum atomic E-state index is -0.213. The molecule has 0 unspecified atom stereocenters. The Bertz CT molecular complexity index is 1150. The number of allylic oxidation sites excluding steroid dienone is 1. The third-order valence-electron chi connectivity index (χ3n) is 9.72. The normalized spacial score (nSPS) is 43.1. The van der Waals surface area contributed by atoms with Gasteiger partial charge in [0, 0.05) is 24.2 Å². The predicted octanol–water partition coefficient (Wildman–Crippen LogP) is 5.84. The second kappa shape index (κ2) is 6.08. The van der Waals surface area contributed by atoms with Gasteiger partial charge in [-0.05, 0) is 96.4 Å². The second-order valence-corrected chi connectivity index (χ2v) is 11.1. The van der Waals surface area contributed by atoms with E-state index in [1.165, 1.54) is 40.3 Å². The van der Waals surface area contributed by atoms with E-state index in [4.69, 9.17) is 4.74 Å². The van der Waals surface area contributed by atoms with Crippen molar-refractivity contribution in [1.29, 1.82) is 0 Å². The average molecular weight is 414 g/mol. The molecule has 3 heteroatoms. The van der Waals surface area contributed by atoms with Gasteiger partial charge in [0.1, 0.15) is 0 Å². The van der Waals surface area contributed by atoms with Crippen LogP contribution in [-0.2, 0) is 4.74 Å². The molecule has 1 N–H and O–H groups in total. The Labute approximate surface area is 184 Å². The maximum absolute atomic E-state index is 10.4. The molecule has 3 heterocycles. The van der Waals surface area contributed by atoms with Gasteiger partial charge in [0.25, 0.3) is 0 Å². The van der Waals surface area contributed by atoms with Crippen LogP contribution in [0.2, 0.25) is 0 Å². The molecular formula is C28H31NO2. The second-order valence-electron chi connectivity index (χ2n) is 11.1. The van der Waals surface area contributed by atoms with Crippen molar-refractivity contribution in [2.75, 3.05) is 0 Å². The van der Waals surface area contributed by atoms with E-state index >= 15 is 0 Å². The Morgan fingerprint density at radius 1 is 1.10 bits per heavy atom. The van der Waals surface area contributed by atoms with E-state index in [1.807, 2.05) is 12.4 Å². The van der Waals surface area contributed by atoms with Gasteiger partial charge in [-0.3, -0.25) is 4.98 Å². The molecule has 2 saturated carbocycles. The Morgan fingerprint density at radius 2 is 2.03 bits per heavy atom. The number of rotatable bonds is 1. The molecule has 1 saturated heterocycles. The molecule has 3 fully saturated rings. The van der Waals surface area contributed by atoms with Crippen molar-refractivity contribution in [3.05, 3.63) is 65.5 Å². The molecule has 1 aromatic heterocycles. The Balaban J connectivity index is 1.31. The molecule has 1 aromatic carbocycles. The number of pyridine rings is 1. The van der Waals surface area contributed by atoms with E-state index in [2.05, 4.69) is 48.3 Å². The lowest BCUT2D eigenvalue weighted by atomic mass is 9.58. The van der Waals surface area contributed by atoms with Gasteiger partial charge in [0.2, 0.25) is 0 Å². The molecule has 31 heavy (non-hydrogen) atoms. The summed E-state index contributed by atoms with van der Waals surface area (Å²) in [6.45, 7) is 2.52. The molecule has 5 aliphatic rings. The lowest BCUT2D eigenvalue weighted by Gasteiger charge is -2.54. The first-order chi connectivity index (χ1) is 15.0. The first-order valence-electron chi connectivity index (χ1n) is 12.2. The fourth-order valence-corrected chi connectivity index (χ4v) is 8.25. The van der Waals surface area contributed by atoms with Crippen molar-refractivity contribution in [3.8, 4) is 0 Å². The molecule has 0 amide bonds. The number of nitrogens with zero attached hydrogens (tertiary/aromatic N) is 1. The van der Waals surface area contributed by atoms with Crippen molar-refractivity contribution < 1.29 is 9.84 Å². The van der Waals surface area contributed by atoms with Crippen molar-refractivity contribution in [2.24, 2.45) is 11.3 Å². The zero-order chi connectivity index (χ0) is 20.8. The molecule has 7 rings (SSSR count). The summed E-state index contributed by atoms with van der Waals surface area (Å²) in [5.74, 6) is 1.10. The fourth-order valence-electron chi connectivity index (χ4n) is 8.25. The van der Waals surface area contributed by atoms with E-state index in [0.29, 0.717) is 11.8 Å². The smallest absolute Gasteiger partial charge is 0.0974 e. The number of aliphatic hydroxyl groups is 1. The van der Waals surface area contributed by atoms with Crippen LogP contribution in [0.3, 0.4) is 0 Å². The van der Waals surface area contributed by atoms with Crippen LogP contribution >= 0.6 is 0 Å². The summed E-state index contributed by atoms with van der Waals surface area (Å²) in [4.78, 5) is 4.35. The number of hydrogen-bond donors (Lipinski definition) is 1. The highest BCUT2D eigenvalue weighted by atomic mass is 16.5. The Morgan fingerprint density at radius 3 is 2.97 bits per heavy atom. The van der Waals surface area contributed by atoms with Crippen LogP contribution in [0, 0.1) is 11.3 Å². The number of ether oxygens (including phenoxy) is 1. The number of hydrogen-bond acceptors (Lipinski definition) is 3. The van der Waals surface area contributed by atoms with Gasteiger partial charge in [0.15, 0.2) is 0 Å². The van der Waals surface area contributed by atoms with Crippen LogP contribution in [-0.4, -0.2) is 27.4 Å². The Hall–Kier alpha value is -1.97. The lowest BCUT2D eigenvalue weighted by Crippen LogP contribution is -2.54. The maximum Gasteiger partial charge on any atom is 0.0974 e. The summed E-state index contributed by atoms with van der Waals surface area (Å²) in [7, 11) is 0. The van der Waals surface area contributed by atoms with Crippen LogP contribution < -0.4 is 0 Å². The van der Waals surface area contributed by atoms with Gasteiger partial charge in [-0.25, -0.2) is 0 Å². The summed E-state index contributed by atoms with van der Waals surface area (Å²) in [5.41, 5.74) is 4.26. The summed E-state index contributed by atoms with van der Waals surface area (Å²) >= 11 is 0. The lowest BCUT2D eigenvalue weighted by molar-refractivity contribution is -0.144. The minimum absolute atomic E-state index is 0.138. The average Bonchev–Trinajstić information content (AvgIpc) is 3.28. The SMILES string of the molecule is C[C@]12CC=C3C=C4CC[C@@H](O)C[C@]45CC[C@@]3(O5)[C@@H]1CC[C@H]2c1ccc2ccncc2c1. The number of aromatic nitrogens is 1. The molecule has 3 aliphatic carbocycles. The van der Waals surface area contributed by atoms with Gasteiger partial charge in [-0.1, -0.05) is 31.2 Å². The predicted molar refractivity (Wildman–Crippen MR) is 122 cm³/mol. The van der Waals surface area contributed by atoms with Gasteiger partial charge in [0.05, 0.1) is 17.3 Å². The number of benzene rings is 1. The van der Waals surface area contributed by atoms with Crippen LogP contribution in [0.1, 0.15) is 69.8 Å². The first kappa shape index (κ1) is 18.6. The molecule has 2 aromatic rings. The molecule has 2 aliphatic heterocycles. The third-order valence-corrected chi connectivity index (χ3v) is 9.72. The summed E-state index contributed by atoms with van der Waals surface area (Å²) in [6, 6.07) is 9.10. The van der Waals surface area contributed by atoms with Crippen molar-refractivity contribution >= 4 is 10.8 Å². The van der Waals surface area contributed by atoms with E-state index in [0.717, 1.165) is 38.5 Å². The molecule has 0 radical (unpaired) electrons. The molecule has 2 bridgehead atoms. The van der Waals surface area contributed by atoms with Gasteiger partial charge in [-0.15, -0.1) is 0 Å². The first-order valence-corrected chi connectivity index (χ1v) is 12.2. The highest BCUT2D eigenvalue weighted by Crippen LogP contribution is 2.69. The quantitative estimate of drug-likeness (QED) is 0.639. The van der Waals surface area contributed by atoms with Crippen molar-refractivity contribution in [3.63, 3.8) is 0 Å².